The maximum Gasteiger partial charge on any atom is 0.184 e. The molecule has 1 heterocycles. The van der Waals surface area contributed by atoms with Crippen molar-refractivity contribution in [3.8, 4) is 0 Å². The van der Waals surface area contributed by atoms with Crippen LogP contribution in [0.5, 0.6) is 0 Å². The van der Waals surface area contributed by atoms with Crippen LogP contribution in [0.2, 0.25) is 0 Å². The van der Waals surface area contributed by atoms with Crippen molar-refractivity contribution in [1.82, 2.24) is 0 Å². The van der Waals surface area contributed by atoms with E-state index in [0.29, 0.717) is 5.92 Å². The van der Waals surface area contributed by atoms with Crippen molar-refractivity contribution in [1.29, 1.82) is 0 Å². The van der Waals surface area contributed by atoms with E-state index in [1.54, 1.807) is 11.3 Å². The van der Waals surface area contributed by atoms with E-state index in [1.807, 2.05) is 45.2 Å². The molecule has 2 aliphatic rings. The van der Waals surface area contributed by atoms with Crippen LogP contribution in [0.15, 0.2) is 79.5 Å². The average Bonchev–Trinajstić information content (AvgIpc) is 3.17. The molecule has 0 aliphatic heterocycles. The van der Waals surface area contributed by atoms with E-state index >= 15 is 0 Å². The van der Waals surface area contributed by atoms with E-state index in [-0.39, 0.29) is 5.78 Å². The standard InChI is InChI=1S/C22H24N2OS/c1-13-8-10-18(11-9-13)23-24-21(19-7-6-12-26-19)20-14(2)16(4)22(25)17(5)15(20)3/h6-8,10-13H,9H2,1-5H3. The Labute approximate surface area is 159 Å². The molecule has 0 amide bonds. The topological polar surface area (TPSA) is 41.8 Å². The van der Waals surface area contributed by atoms with Gasteiger partial charge in [-0.05, 0) is 68.7 Å². The fraction of sp³-hybridized carbons (Fsp3) is 0.318. The minimum Gasteiger partial charge on any atom is -0.289 e. The first-order chi connectivity index (χ1) is 12.4. The van der Waals surface area contributed by atoms with Gasteiger partial charge < -0.3 is 0 Å². The Balaban J connectivity index is 2.15. The summed E-state index contributed by atoms with van der Waals surface area (Å²) < 4.78 is 0. The van der Waals surface area contributed by atoms with Crippen molar-refractivity contribution < 1.29 is 4.79 Å². The van der Waals surface area contributed by atoms with Gasteiger partial charge in [-0.2, -0.15) is 5.11 Å². The molecule has 0 N–H and O–H groups in total. The van der Waals surface area contributed by atoms with Gasteiger partial charge in [0.1, 0.15) is 5.70 Å². The first kappa shape index (κ1) is 18.5. The predicted molar refractivity (Wildman–Crippen MR) is 109 cm³/mol. The molecular weight excluding hydrogens is 340 g/mol. The zero-order chi connectivity index (χ0) is 18.8. The minimum absolute atomic E-state index is 0.123. The Bertz CT molecular complexity index is 891. The van der Waals surface area contributed by atoms with E-state index in [4.69, 9.17) is 0 Å². The van der Waals surface area contributed by atoms with Crippen LogP contribution in [0, 0.1) is 5.92 Å². The third kappa shape index (κ3) is 3.47. The second-order valence-electron chi connectivity index (χ2n) is 6.93. The molecule has 0 bridgehead atoms. The number of hydrogen-bond acceptors (Lipinski definition) is 4. The molecule has 1 aromatic rings. The normalized spacial score (nSPS) is 21.1. The highest BCUT2D eigenvalue weighted by Gasteiger charge is 2.26. The van der Waals surface area contributed by atoms with Gasteiger partial charge >= 0.3 is 0 Å². The Morgan fingerprint density at radius 2 is 1.81 bits per heavy atom. The lowest BCUT2D eigenvalue weighted by Crippen LogP contribution is -2.14. The molecule has 0 radical (unpaired) electrons. The molecule has 134 valence electrons. The first-order valence-corrected chi connectivity index (χ1v) is 9.76. The minimum atomic E-state index is 0.123. The number of rotatable bonds is 3. The maximum atomic E-state index is 12.4. The molecule has 4 heteroatoms. The van der Waals surface area contributed by atoms with Crippen LogP contribution >= 0.6 is 11.3 Å². The molecule has 3 rings (SSSR count). The highest BCUT2D eigenvalue weighted by molar-refractivity contribution is 7.11. The van der Waals surface area contributed by atoms with Crippen LogP contribution < -0.4 is 0 Å². The lowest BCUT2D eigenvalue weighted by molar-refractivity contribution is -0.112. The lowest BCUT2D eigenvalue weighted by Gasteiger charge is -2.22. The van der Waals surface area contributed by atoms with Crippen LogP contribution in [0.3, 0.4) is 0 Å². The SMILES string of the molecule is CC1=C(C)C(=C(N=NC2=CCC(C)C=C2)c2cccs2)C(C)=C(C)C1=O. The third-order valence-electron chi connectivity index (χ3n) is 5.11. The zero-order valence-corrected chi connectivity index (χ0v) is 16.8. The molecule has 2 aliphatic carbocycles. The number of carbonyl (C=O) groups is 1. The van der Waals surface area contributed by atoms with Crippen molar-refractivity contribution in [3.63, 3.8) is 0 Å². The smallest absolute Gasteiger partial charge is 0.184 e. The van der Waals surface area contributed by atoms with Crippen LogP contribution in [-0.2, 0) is 4.79 Å². The Morgan fingerprint density at radius 3 is 2.35 bits per heavy atom. The molecular formula is C22H24N2OS. The molecule has 1 aromatic heterocycles. The maximum absolute atomic E-state index is 12.4. The summed E-state index contributed by atoms with van der Waals surface area (Å²) in [5.41, 5.74) is 6.32. The number of thiophene rings is 1. The summed E-state index contributed by atoms with van der Waals surface area (Å²) in [5.74, 6) is 0.673. The van der Waals surface area contributed by atoms with Gasteiger partial charge in [0.15, 0.2) is 5.78 Å². The summed E-state index contributed by atoms with van der Waals surface area (Å²) in [4.78, 5) is 13.5. The Kier molecular flexibility index (Phi) is 5.33. The van der Waals surface area contributed by atoms with E-state index in [9.17, 15) is 4.79 Å². The molecule has 26 heavy (non-hydrogen) atoms. The number of azo groups is 1. The molecule has 0 aromatic carbocycles. The zero-order valence-electron chi connectivity index (χ0n) is 16.0. The number of carbonyl (C=O) groups excluding carboxylic acids is 1. The van der Waals surface area contributed by atoms with Crippen LogP contribution in [0.1, 0.15) is 45.9 Å². The van der Waals surface area contributed by atoms with E-state index in [2.05, 4.69) is 35.4 Å². The Morgan fingerprint density at radius 1 is 1.12 bits per heavy atom. The second kappa shape index (κ2) is 7.50. The molecule has 1 unspecified atom stereocenters. The summed E-state index contributed by atoms with van der Waals surface area (Å²) in [6.45, 7) is 9.98. The van der Waals surface area contributed by atoms with Crippen LogP contribution in [0.25, 0.3) is 5.70 Å². The van der Waals surface area contributed by atoms with E-state index < -0.39 is 0 Å². The molecule has 1 atom stereocenters. The van der Waals surface area contributed by atoms with Gasteiger partial charge in [-0.3, -0.25) is 4.79 Å². The number of Topliss-reactive ketones (excluding diaryl/α,β-unsaturated/α-hetero) is 1. The largest absolute Gasteiger partial charge is 0.289 e. The van der Waals surface area contributed by atoms with Gasteiger partial charge in [0.05, 0.1) is 10.6 Å². The average molecular weight is 365 g/mol. The van der Waals surface area contributed by atoms with Gasteiger partial charge in [-0.1, -0.05) is 25.1 Å². The number of allylic oxidation sites excluding steroid dienone is 8. The van der Waals surface area contributed by atoms with E-state index in [1.165, 1.54) is 0 Å². The fourth-order valence-electron chi connectivity index (χ4n) is 3.17. The summed E-state index contributed by atoms with van der Waals surface area (Å²) in [7, 11) is 0. The summed E-state index contributed by atoms with van der Waals surface area (Å²) in [6.07, 6.45) is 7.30. The van der Waals surface area contributed by atoms with Gasteiger partial charge in [0, 0.05) is 16.7 Å². The van der Waals surface area contributed by atoms with E-state index in [0.717, 1.165) is 50.6 Å². The monoisotopic (exact) mass is 364 g/mol. The van der Waals surface area contributed by atoms with Crippen LogP contribution in [0.4, 0.5) is 0 Å². The Hall–Kier alpha value is -2.33. The van der Waals surface area contributed by atoms with Gasteiger partial charge in [0.25, 0.3) is 0 Å². The molecule has 0 saturated carbocycles. The van der Waals surface area contributed by atoms with Crippen molar-refractivity contribution in [2.45, 2.75) is 41.0 Å². The van der Waals surface area contributed by atoms with Gasteiger partial charge in [-0.25, -0.2) is 0 Å². The first-order valence-electron chi connectivity index (χ1n) is 8.88. The molecule has 0 spiro atoms. The lowest BCUT2D eigenvalue weighted by atomic mass is 9.82. The number of hydrogen-bond donors (Lipinski definition) is 0. The predicted octanol–water partition coefficient (Wildman–Crippen LogP) is 6.65. The van der Waals surface area contributed by atoms with Crippen molar-refractivity contribution in [2.75, 3.05) is 0 Å². The third-order valence-corrected chi connectivity index (χ3v) is 5.98. The molecule has 0 saturated heterocycles. The van der Waals surface area contributed by atoms with Gasteiger partial charge in [-0.15, -0.1) is 16.5 Å². The number of ketones is 1. The van der Waals surface area contributed by atoms with Crippen molar-refractivity contribution in [3.05, 3.63) is 74.2 Å². The summed E-state index contributed by atoms with van der Waals surface area (Å²) >= 11 is 1.64. The highest BCUT2D eigenvalue weighted by atomic mass is 32.1. The van der Waals surface area contributed by atoms with Gasteiger partial charge in [0.2, 0.25) is 0 Å². The second-order valence-corrected chi connectivity index (χ2v) is 7.88. The fourth-order valence-corrected chi connectivity index (χ4v) is 3.88. The number of nitrogens with zero attached hydrogens (tertiary/aromatic N) is 2. The summed E-state index contributed by atoms with van der Waals surface area (Å²) in [6, 6.07) is 4.07. The highest BCUT2D eigenvalue weighted by Crippen LogP contribution is 2.39. The van der Waals surface area contributed by atoms with Crippen LogP contribution in [-0.4, -0.2) is 5.78 Å². The molecule has 0 fully saturated rings. The van der Waals surface area contributed by atoms with Crippen molar-refractivity contribution in [2.24, 2.45) is 16.1 Å². The van der Waals surface area contributed by atoms with Crippen molar-refractivity contribution >= 4 is 22.8 Å². The summed E-state index contributed by atoms with van der Waals surface area (Å²) in [5, 5.41) is 11.2. The molecule has 3 nitrogen and oxygen atoms in total. The quantitative estimate of drug-likeness (QED) is 0.554.